The number of hydrogen-bond donors (Lipinski definition) is 1. The molecule has 24 heavy (non-hydrogen) atoms. The zero-order valence-electron chi connectivity index (χ0n) is 14.4. The van der Waals surface area contributed by atoms with Gasteiger partial charge in [0.05, 0.1) is 5.71 Å². The molecule has 120 valence electrons. The highest BCUT2D eigenvalue weighted by molar-refractivity contribution is 6.05. The molecule has 0 atom stereocenters. The van der Waals surface area contributed by atoms with Gasteiger partial charge >= 0.3 is 0 Å². The molecule has 2 aromatic rings. The second-order valence-electron chi connectivity index (χ2n) is 6.26. The molecule has 0 radical (unpaired) electrons. The first-order chi connectivity index (χ1) is 11.5. The van der Waals surface area contributed by atoms with Gasteiger partial charge in [-0.2, -0.15) is 0 Å². The van der Waals surface area contributed by atoms with Crippen molar-refractivity contribution in [3.8, 4) is 0 Å². The third-order valence-corrected chi connectivity index (χ3v) is 4.19. The van der Waals surface area contributed by atoms with Gasteiger partial charge in [0.1, 0.15) is 0 Å². The lowest BCUT2D eigenvalue weighted by atomic mass is 9.90. The van der Waals surface area contributed by atoms with E-state index >= 15 is 0 Å². The van der Waals surface area contributed by atoms with Crippen LogP contribution in [0.4, 0.5) is 5.69 Å². The molecular weight excluding hydrogens is 292 g/mol. The Labute approximate surface area is 144 Å². The van der Waals surface area contributed by atoms with Crippen molar-refractivity contribution in [3.63, 3.8) is 0 Å². The Morgan fingerprint density at radius 3 is 1.75 bits per heavy atom. The lowest BCUT2D eigenvalue weighted by Gasteiger charge is -2.16. The highest BCUT2D eigenvalue weighted by Gasteiger charge is 2.11. The van der Waals surface area contributed by atoms with E-state index in [0.717, 1.165) is 5.57 Å². The number of aryl methyl sites for hydroxylation is 1. The van der Waals surface area contributed by atoms with Crippen LogP contribution in [0.3, 0.4) is 0 Å². The zero-order valence-corrected chi connectivity index (χ0v) is 14.4. The highest BCUT2D eigenvalue weighted by atomic mass is 15.1. The summed E-state index contributed by atoms with van der Waals surface area (Å²) in [6, 6.07) is 17.2. The van der Waals surface area contributed by atoms with Crippen LogP contribution in [0.5, 0.6) is 0 Å². The normalized spacial score (nSPS) is 13.3. The van der Waals surface area contributed by atoms with E-state index in [1.54, 1.807) is 0 Å². The molecule has 1 aliphatic carbocycles. The molecule has 0 amide bonds. The topological polar surface area (TPSA) is 27.1 Å². The van der Waals surface area contributed by atoms with Crippen molar-refractivity contribution in [1.29, 1.82) is 5.41 Å². The number of benzene rings is 2. The first-order valence-electron chi connectivity index (χ1n) is 8.08. The maximum atomic E-state index is 7.73. The maximum absolute atomic E-state index is 7.73. The molecule has 0 heterocycles. The van der Waals surface area contributed by atoms with Gasteiger partial charge in [0, 0.05) is 19.8 Å². The van der Waals surface area contributed by atoms with Crippen LogP contribution in [0.2, 0.25) is 0 Å². The molecule has 0 saturated carbocycles. The Morgan fingerprint density at radius 2 is 1.25 bits per heavy atom. The van der Waals surface area contributed by atoms with Gasteiger partial charge in [0.2, 0.25) is 0 Å². The van der Waals surface area contributed by atoms with Crippen LogP contribution in [0, 0.1) is 12.3 Å². The average Bonchev–Trinajstić information content (AvgIpc) is 2.59. The van der Waals surface area contributed by atoms with Gasteiger partial charge < -0.3 is 10.3 Å². The molecule has 1 N–H and O–H groups in total. The largest absolute Gasteiger partial charge is 0.378 e. The fourth-order valence-corrected chi connectivity index (χ4v) is 2.78. The van der Waals surface area contributed by atoms with Crippen molar-refractivity contribution in [2.75, 3.05) is 19.0 Å². The Hall–Kier alpha value is -2.87. The fraction of sp³-hybridized carbons (Fsp3) is 0.136. The molecule has 2 aromatic carbocycles. The summed E-state index contributed by atoms with van der Waals surface area (Å²) < 4.78 is 0. The molecule has 0 aromatic heterocycles. The van der Waals surface area contributed by atoms with Crippen LogP contribution in [0.1, 0.15) is 16.7 Å². The zero-order chi connectivity index (χ0) is 17.1. The standard InChI is InChI=1S/C22H22N2/c1-16-4-6-17(7-5-16)22(18-8-12-20(23)13-9-18)19-10-14-21(15-11-19)24(2)3/h4-15,23H,1-3H3. The molecule has 0 spiro atoms. The van der Waals surface area contributed by atoms with E-state index < -0.39 is 0 Å². The van der Waals surface area contributed by atoms with Crippen molar-refractivity contribution in [2.45, 2.75) is 6.92 Å². The molecule has 2 heteroatoms. The smallest absolute Gasteiger partial charge is 0.0540 e. The number of anilines is 1. The highest BCUT2D eigenvalue weighted by Crippen LogP contribution is 2.30. The summed E-state index contributed by atoms with van der Waals surface area (Å²) in [5.74, 6) is 0. The summed E-state index contributed by atoms with van der Waals surface area (Å²) >= 11 is 0. The number of nitrogens with zero attached hydrogens (tertiary/aromatic N) is 1. The lowest BCUT2D eigenvalue weighted by molar-refractivity contribution is 1.13. The summed E-state index contributed by atoms with van der Waals surface area (Å²) in [5, 5.41) is 7.73. The SMILES string of the molecule is Cc1ccc(C(=C2C=CC(=N)C=C2)c2ccc(N(C)C)cc2)cc1. The Bertz CT molecular complexity index is 815. The Kier molecular flexibility index (Phi) is 4.48. The second-order valence-corrected chi connectivity index (χ2v) is 6.26. The molecule has 1 aliphatic rings. The Morgan fingerprint density at radius 1 is 0.750 bits per heavy atom. The van der Waals surface area contributed by atoms with Gasteiger partial charge in [0.15, 0.2) is 0 Å². The maximum Gasteiger partial charge on any atom is 0.0540 e. The van der Waals surface area contributed by atoms with Crippen molar-refractivity contribution in [2.24, 2.45) is 0 Å². The van der Waals surface area contributed by atoms with Gasteiger partial charge in [-0.05, 0) is 53.5 Å². The molecule has 0 aliphatic heterocycles. The first-order valence-corrected chi connectivity index (χ1v) is 8.08. The second kappa shape index (κ2) is 6.71. The minimum atomic E-state index is 0.532. The summed E-state index contributed by atoms with van der Waals surface area (Å²) in [5.41, 5.74) is 7.67. The minimum absolute atomic E-state index is 0.532. The van der Waals surface area contributed by atoms with Crippen molar-refractivity contribution in [3.05, 3.63) is 95.1 Å². The van der Waals surface area contributed by atoms with E-state index in [4.69, 9.17) is 5.41 Å². The molecule has 0 saturated heterocycles. The van der Waals surface area contributed by atoms with Gasteiger partial charge in [0.25, 0.3) is 0 Å². The van der Waals surface area contributed by atoms with Crippen LogP contribution >= 0.6 is 0 Å². The summed E-state index contributed by atoms with van der Waals surface area (Å²) in [7, 11) is 4.10. The monoisotopic (exact) mass is 314 g/mol. The van der Waals surface area contributed by atoms with Gasteiger partial charge in [-0.15, -0.1) is 0 Å². The van der Waals surface area contributed by atoms with E-state index in [2.05, 4.69) is 60.4 Å². The van der Waals surface area contributed by atoms with Gasteiger partial charge in [-0.25, -0.2) is 0 Å². The number of hydrogen-bond acceptors (Lipinski definition) is 2. The van der Waals surface area contributed by atoms with Crippen molar-refractivity contribution in [1.82, 2.24) is 0 Å². The van der Waals surface area contributed by atoms with E-state index in [9.17, 15) is 0 Å². The molecular formula is C22H22N2. The predicted molar refractivity (Wildman–Crippen MR) is 104 cm³/mol. The van der Waals surface area contributed by atoms with E-state index in [0.29, 0.717) is 5.71 Å². The van der Waals surface area contributed by atoms with Crippen LogP contribution in [0.15, 0.2) is 78.4 Å². The van der Waals surface area contributed by atoms with Gasteiger partial charge in [-0.1, -0.05) is 54.1 Å². The number of rotatable bonds is 3. The van der Waals surface area contributed by atoms with Crippen molar-refractivity contribution >= 4 is 17.0 Å². The summed E-state index contributed by atoms with van der Waals surface area (Å²) in [6.45, 7) is 2.10. The fourth-order valence-electron chi connectivity index (χ4n) is 2.78. The quantitative estimate of drug-likeness (QED) is 0.847. The summed E-state index contributed by atoms with van der Waals surface area (Å²) in [4.78, 5) is 2.10. The molecule has 0 fully saturated rings. The van der Waals surface area contributed by atoms with Crippen LogP contribution in [0.25, 0.3) is 5.57 Å². The summed E-state index contributed by atoms with van der Waals surface area (Å²) in [6.07, 6.45) is 7.74. The third-order valence-electron chi connectivity index (χ3n) is 4.19. The van der Waals surface area contributed by atoms with E-state index in [1.807, 2.05) is 38.4 Å². The average molecular weight is 314 g/mol. The van der Waals surface area contributed by atoms with Crippen LogP contribution in [-0.4, -0.2) is 19.8 Å². The molecule has 2 nitrogen and oxygen atoms in total. The van der Waals surface area contributed by atoms with Crippen molar-refractivity contribution < 1.29 is 0 Å². The van der Waals surface area contributed by atoms with Crippen LogP contribution in [-0.2, 0) is 0 Å². The van der Waals surface area contributed by atoms with E-state index in [1.165, 1.54) is 28.0 Å². The third kappa shape index (κ3) is 3.38. The van der Waals surface area contributed by atoms with Crippen LogP contribution < -0.4 is 4.90 Å². The molecule has 3 rings (SSSR count). The number of allylic oxidation sites excluding steroid dienone is 5. The van der Waals surface area contributed by atoms with E-state index in [-0.39, 0.29) is 0 Å². The van der Waals surface area contributed by atoms with Gasteiger partial charge in [-0.3, -0.25) is 0 Å². The lowest BCUT2D eigenvalue weighted by Crippen LogP contribution is -2.08. The predicted octanol–water partition coefficient (Wildman–Crippen LogP) is 5.01. The first kappa shape index (κ1) is 16.0. The molecule has 0 unspecified atom stereocenters. The molecule has 0 bridgehead atoms. The Balaban J connectivity index is 2.14. The minimum Gasteiger partial charge on any atom is -0.378 e. The number of nitrogens with one attached hydrogen (secondary N) is 1.